The zero-order valence-electron chi connectivity index (χ0n) is 17.3. The lowest BCUT2D eigenvalue weighted by Crippen LogP contribution is -2.44. The minimum Gasteiger partial charge on any atom is -0.448 e. The van der Waals surface area contributed by atoms with Crippen LogP contribution in [0.2, 0.25) is 0 Å². The first-order valence-electron chi connectivity index (χ1n) is 10.6. The molecule has 0 bridgehead atoms. The van der Waals surface area contributed by atoms with Gasteiger partial charge in [-0.05, 0) is 49.5 Å². The molecule has 0 aliphatic heterocycles. The van der Waals surface area contributed by atoms with Crippen molar-refractivity contribution in [3.63, 3.8) is 0 Å². The number of carbonyl (C=O) groups excluding carboxylic acids is 1. The number of nitrogens with one attached hydrogen (secondary N) is 1. The number of carbonyl (C=O) groups is 1. The van der Waals surface area contributed by atoms with Crippen LogP contribution < -0.4 is 10.1 Å². The van der Waals surface area contributed by atoms with E-state index < -0.39 is 0 Å². The van der Waals surface area contributed by atoms with Crippen molar-refractivity contribution in [1.82, 2.24) is 0 Å². The second kappa shape index (κ2) is 10.2. The number of ether oxygens (including phenoxy) is 1. The highest BCUT2D eigenvalue weighted by Crippen LogP contribution is 2.47. The molecular weight excluding hydrogens is 354 g/mol. The number of hydrogen-bond donors (Lipinski definition) is 1. The highest BCUT2D eigenvalue weighted by atomic mass is 32.1. The SMILES string of the molecule is CCC[C@H](CC)C1(C(=O)Nc2ccccc2OC(=S)C(C)C)CCCCC1. The summed E-state index contributed by atoms with van der Waals surface area (Å²) in [5, 5.41) is 3.76. The van der Waals surface area contributed by atoms with E-state index in [0.29, 0.717) is 16.7 Å². The van der Waals surface area contributed by atoms with E-state index in [1.54, 1.807) is 0 Å². The topological polar surface area (TPSA) is 38.3 Å². The Kier molecular flexibility index (Phi) is 8.28. The maximum absolute atomic E-state index is 13.5. The van der Waals surface area contributed by atoms with E-state index in [4.69, 9.17) is 17.0 Å². The van der Waals surface area contributed by atoms with Crippen molar-refractivity contribution in [2.24, 2.45) is 17.3 Å². The van der Waals surface area contributed by atoms with E-state index in [9.17, 15) is 4.79 Å². The van der Waals surface area contributed by atoms with E-state index in [1.165, 1.54) is 6.42 Å². The number of hydrogen-bond acceptors (Lipinski definition) is 3. The number of para-hydroxylation sites is 2. The normalized spacial score (nSPS) is 17.4. The first kappa shape index (κ1) is 21.9. The van der Waals surface area contributed by atoms with E-state index in [-0.39, 0.29) is 17.2 Å². The fraction of sp³-hybridized carbons (Fsp3) is 0.652. The Morgan fingerprint density at radius 1 is 1.19 bits per heavy atom. The molecule has 1 amide bonds. The zero-order valence-corrected chi connectivity index (χ0v) is 18.2. The Morgan fingerprint density at radius 2 is 1.85 bits per heavy atom. The molecule has 0 radical (unpaired) electrons. The number of anilines is 1. The third-order valence-electron chi connectivity index (χ3n) is 5.93. The standard InChI is InChI=1S/C23H35NO2S/c1-5-12-18(6-2)23(15-10-7-11-16-23)22(25)24-19-13-8-9-14-20(19)26-21(27)17(3)4/h8-9,13-14,17-18H,5-7,10-12,15-16H2,1-4H3,(H,24,25)/t18-/m0/s1. The predicted molar refractivity (Wildman–Crippen MR) is 117 cm³/mol. The molecule has 0 spiro atoms. The summed E-state index contributed by atoms with van der Waals surface area (Å²) in [5.74, 6) is 1.39. The zero-order chi connectivity index (χ0) is 19.9. The van der Waals surface area contributed by atoms with Gasteiger partial charge in [0, 0.05) is 5.92 Å². The monoisotopic (exact) mass is 389 g/mol. The van der Waals surface area contributed by atoms with Crippen molar-refractivity contribution in [1.29, 1.82) is 0 Å². The van der Waals surface area contributed by atoms with Gasteiger partial charge in [0.1, 0.15) is 0 Å². The van der Waals surface area contributed by atoms with Crippen molar-refractivity contribution < 1.29 is 9.53 Å². The summed E-state index contributed by atoms with van der Waals surface area (Å²) < 4.78 is 5.88. The molecule has 3 nitrogen and oxygen atoms in total. The van der Waals surface area contributed by atoms with Gasteiger partial charge in [-0.25, -0.2) is 0 Å². The average Bonchev–Trinajstić information content (AvgIpc) is 2.67. The summed E-state index contributed by atoms with van der Waals surface area (Å²) in [6.45, 7) is 8.46. The Bertz CT molecular complexity index is 635. The van der Waals surface area contributed by atoms with Crippen LogP contribution in [0.1, 0.15) is 79.1 Å². The molecule has 27 heavy (non-hydrogen) atoms. The van der Waals surface area contributed by atoms with Gasteiger partial charge in [0.2, 0.25) is 5.91 Å². The van der Waals surface area contributed by atoms with Gasteiger partial charge in [0.25, 0.3) is 0 Å². The van der Waals surface area contributed by atoms with Crippen LogP contribution in [-0.2, 0) is 4.79 Å². The van der Waals surface area contributed by atoms with Gasteiger partial charge in [0.05, 0.1) is 11.1 Å². The van der Waals surface area contributed by atoms with Gasteiger partial charge < -0.3 is 10.1 Å². The summed E-state index contributed by atoms with van der Waals surface area (Å²) in [6.07, 6.45) is 8.79. The van der Waals surface area contributed by atoms with E-state index in [0.717, 1.165) is 50.6 Å². The van der Waals surface area contributed by atoms with Crippen LogP contribution in [0.5, 0.6) is 5.75 Å². The second-order valence-corrected chi connectivity index (χ2v) is 8.54. The minimum atomic E-state index is -0.255. The Balaban J connectivity index is 2.26. The van der Waals surface area contributed by atoms with Crippen molar-refractivity contribution >= 4 is 28.9 Å². The van der Waals surface area contributed by atoms with Crippen LogP contribution in [0.15, 0.2) is 24.3 Å². The quantitative estimate of drug-likeness (QED) is 0.499. The highest BCUT2D eigenvalue weighted by Gasteiger charge is 2.44. The molecule has 150 valence electrons. The Morgan fingerprint density at radius 3 is 2.44 bits per heavy atom. The lowest BCUT2D eigenvalue weighted by atomic mass is 9.63. The van der Waals surface area contributed by atoms with Crippen LogP contribution in [-0.4, -0.2) is 11.0 Å². The third-order valence-corrected chi connectivity index (χ3v) is 6.48. The minimum absolute atomic E-state index is 0.155. The maximum Gasteiger partial charge on any atom is 0.230 e. The molecule has 1 atom stereocenters. The predicted octanol–water partition coefficient (Wildman–Crippen LogP) is 6.76. The van der Waals surface area contributed by atoms with Crippen molar-refractivity contribution in [3.8, 4) is 5.75 Å². The van der Waals surface area contributed by atoms with Gasteiger partial charge in [-0.1, -0.05) is 71.9 Å². The molecular formula is C23H35NO2S. The van der Waals surface area contributed by atoms with Gasteiger partial charge in [-0.2, -0.15) is 0 Å². The summed E-state index contributed by atoms with van der Waals surface area (Å²) in [4.78, 5) is 13.5. The summed E-state index contributed by atoms with van der Waals surface area (Å²) >= 11 is 5.34. The van der Waals surface area contributed by atoms with Crippen molar-refractivity contribution in [2.45, 2.75) is 79.1 Å². The first-order valence-corrected chi connectivity index (χ1v) is 11.0. The van der Waals surface area contributed by atoms with Gasteiger partial charge in [-0.3, -0.25) is 4.79 Å². The maximum atomic E-state index is 13.5. The average molecular weight is 390 g/mol. The molecule has 4 heteroatoms. The first-order chi connectivity index (χ1) is 12.9. The van der Waals surface area contributed by atoms with Crippen LogP contribution >= 0.6 is 12.2 Å². The molecule has 0 unspecified atom stereocenters. The van der Waals surface area contributed by atoms with E-state index >= 15 is 0 Å². The smallest absolute Gasteiger partial charge is 0.230 e. The number of rotatable bonds is 8. The van der Waals surface area contributed by atoms with Gasteiger partial charge >= 0.3 is 0 Å². The number of amides is 1. The van der Waals surface area contributed by atoms with Crippen LogP contribution in [0.25, 0.3) is 0 Å². The molecule has 1 aromatic carbocycles. The molecule has 1 saturated carbocycles. The fourth-order valence-electron chi connectivity index (χ4n) is 4.35. The molecule has 1 aromatic rings. The van der Waals surface area contributed by atoms with Crippen LogP contribution in [0, 0.1) is 17.3 Å². The summed E-state index contributed by atoms with van der Waals surface area (Å²) in [6, 6.07) is 7.63. The largest absolute Gasteiger partial charge is 0.448 e. The number of benzene rings is 1. The van der Waals surface area contributed by atoms with Crippen LogP contribution in [0.4, 0.5) is 5.69 Å². The van der Waals surface area contributed by atoms with Crippen LogP contribution in [0.3, 0.4) is 0 Å². The lowest BCUT2D eigenvalue weighted by molar-refractivity contribution is -0.131. The molecule has 0 aromatic heterocycles. The van der Waals surface area contributed by atoms with Crippen molar-refractivity contribution in [2.75, 3.05) is 5.32 Å². The molecule has 0 saturated heterocycles. The molecule has 1 N–H and O–H groups in total. The van der Waals surface area contributed by atoms with E-state index in [2.05, 4.69) is 19.2 Å². The Hall–Kier alpha value is -1.42. The molecule has 1 aliphatic carbocycles. The highest BCUT2D eigenvalue weighted by molar-refractivity contribution is 7.80. The Labute approximate surface area is 170 Å². The van der Waals surface area contributed by atoms with E-state index in [1.807, 2.05) is 38.1 Å². The third kappa shape index (κ3) is 5.31. The molecule has 0 heterocycles. The van der Waals surface area contributed by atoms with Gasteiger partial charge in [0.15, 0.2) is 10.8 Å². The molecule has 2 rings (SSSR count). The lowest BCUT2D eigenvalue weighted by Gasteiger charge is -2.42. The number of thiocarbonyl (C=S) groups is 1. The molecule has 1 fully saturated rings. The second-order valence-electron chi connectivity index (χ2n) is 8.14. The summed E-state index contributed by atoms with van der Waals surface area (Å²) in [7, 11) is 0. The molecule has 1 aliphatic rings. The summed E-state index contributed by atoms with van der Waals surface area (Å²) in [5.41, 5.74) is 0.469. The van der Waals surface area contributed by atoms with Crippen molar-refractivity contribution in [3.05, 3.63) is 24.3 Å². The fourth-order valence-corrected chi connectivity index (χ4v) is 4.44. The van der Waals surface area contributed by atoms with Gasteiger partial charge in [-0.15, -0.1) is 0 Å².